The van der Waals surface area contributed by atoms with E-state index >= 15 is 0 Å². The summed E-state index contributed by atoms with van der Waals surface area (Å²) >= 11 is 6.10. The molecule has 1 fully saturated rings. The summed E-state index contributed by atoms with van der Waals surface area (Å²) in [4.78, 5) is 6.53. The van der Waals surface area contributed by atoms with Crippen molar-refractivity contribution in [3.8, 4) is 6.07 Å². The van der Waals surface area contributed by atoms with Gasteiger partial charge in [-0.25, -0.2) is 4.98 Å². The topological polar surface area (TPSA) is 52.0 Å². The number of aromatic nitrogens is 1. The van der Waals surface area contributed by atoms with Gasteiger partial charge in [0.25, 0.3) is 0 Å². The van der Waals surface area contributed by atoms with E-state index in [9.17, 15) is 0 Å². The first kappa shape index (κ1) is 13.1. The molecular weight excluding hydrogens is 248 g/mol. The number of nitrogens with one attached hydrogen (secondary N) is 1. The molecule has 1 aromatic heterocycles. The van der Waals surface area contributed by atoms with Crippen LogP contribution in [0.3, 0.4) is 0 Å². The Labute approximate surface area is 113 Å². The third kappa shape index (κ3) is 3.12. The first-order chi connectivity index (χ1) is 8.70. The van der Waals surface area contributed by atoms with E-state index in [0.29, 0.717) is 22.3 Å². The zero-order chi connectivity index (χ0) is 13.0. The average molecular weight is 265 g/mol. The second kappa shape index (κ2) is 6.03. The molecule has 1 N–H and O–H groups in total. The van der Waals surface area contributed by atoms with Crippen LogP contribution >= 0.6 is 11.6 Å². The van der Waals surface area contributed by atoms with E-state index < -0.39 is 0 Å². The van der Waals surface area contributed by atoms with Gasteiger partial charge in [0.05, 0.1) is 5.56 Å². The maximum atomic E-state index is 8.90. The van der Waals surface area contributed by atoms with E-state index in [1.807, 2.05) is 0 Å². The summed E-state index contributed by atoms with van der Waals surface area (Å²) in [5.41, 5.74) is 0.468. The van der Waals surface area contributed by atoms with E-state index in [1.54, 1.807) is 12.3 Å². The van der Waals surface area contributed by atoms with Crippen LogP contribution in [0.4, 0.5) is 5.82 Å². The zero-order valence-corrected chi connectivity index (χ0v) is 11.2. The molecule has 0 saturated carbocycles. The number of piperidine rings is 1. The number of anilines is 1. The van der Waals surface area contributed by atoms with Gasteiger partial charge in [0.15, 0.2) is 0 Å². The van der Waals surface area contributed by atoms with Crippen molar-refractivity contribution in [1.29, 1.82) is 5.26 Å². The van der Waals surface area contributed by atoms with Crippen molar-refractivity contribution >= 4 is 17.4 Å². The van der Waals surface area contributed by atoms with Gasteiger partial charge >= 0.3 is 0 Å². The van der Waals surface area contributed by atoms with Gasteiger partial charge in [-0.1, -0.05) is 11.6 Å². The van der Waals surface area contributed by atoms with Gasteiger partial charge < -0.3 is 10.2 Å². The number of halogens is 1. The Morgan fingerprint density at radius 2 is 2.50 bits per heavy atom. The predicted octanol–water partition coefficient (Wildman–Crippen LogP) is 2.36. The smallest absolute Gasteiger partial charge is 0.146 e. The number of pyridine rings is 1. The molecule has 2 heterocycles. The maximum absolute atomic E-state index is 8.90. The highest BCUT2D eigenvalue weighted by molar-refractivity contribution is 6.34. The maximum Gasteiger partial charge on any atom is 0.146 e. The molecule has 0 radical (unpaired) electrons. The molecule has 96 valence electrons. The fourth-order valence-corrected chi connectivity index (χ4v) is 2.56. The van der Waals surface area contributed by atoms with Gasteiger partial charge in [-0.15, -0.1) is 0 Å². The highest BCUT2D eigenvalue weighted by Crippen LogP contribution is 2.23. The van der Waals surface area contributed by atoms with Crippen LogP contribution in [0, 0.1) is 17.2 Å². The van der Waals surface area contributed by atoms with Gasteiger partial charge in [0.2, 0.25) is 0 Å². The lowest BCUT2D eigenvalue weighted by Gasteiger charge is -2.29. The summed E-state index contributed by atoms with van der Waals surface area (Å²) in [6.07, 6.45) is 4.08. The van der Waals surface area contributed by atoms with Crippen LogP contribution in [0.5, 0.6) is 0 Å². The van der Waals surface area contributed by atoms with Crippen LogP contribution in [-0.4, -0.2) is 36.6 Å². The number of rotatable bonds is 3. The molecule has 2 rings (SSSR count). The van der Waals surface area contributed by atoms with Crippen molar-refractivity contribution in [2.24, 2.45) is 5.92 Å². The molecule has 1 aromatic rings. The van der Waals surface area contributed by atoms with E-state index in [4.69, 9.17) is 16.9 Å². The zero-order valence-electron chi connectivity index (χ0n) is 10.5. The van der Waals surface area contributed by atoms with Crippen LogP contribution in [0.15, 0.2) is 12.3 Å². The Hall–Kier alpha value is -1.31. The number of hydrogen-bond donors (Lipinski definition) is 1. The molecule has 0 aliphatic carbocycles. The molecule has 0 spiro atoms. The third-order valence-corrected chi connectivity index (χ3v) is 3.67. The second-order valence-corrected chi connectivity index (χ2v) is 5.16. The van der Waals surface area contributed by atoms with E-state index in [1.165, 1.54) is 19.4 Å². The molecule has 0 amide bonds. The monoisotopic (exact) mass is 264 g/mol. The molecule has 1 saturated heterocycles. The summed E-state index contributed by atoms with van der Waals surface area (Å²) in [7, 11) is 2.15. The van der Waals surface area contributed by atoms with Crippen molar-refractivity contribution in [1.82, 2.24) is 9.88 Å². The van der Waals surface area contributed by atoms with E-state index in [-0.39, 0.29) is 0 Å². The van der Waals surface area contributed by atoms with Crippen LogP contribution in [0.25, 0.3) is 0 Å². The molecule has 1 aliphatic heterocycles. The van der Waals surface area contributed by atoms with Crippen LogP contribution in [0.2, 0.25) is 5.02 Å². The molecule has 0 bridgehead atoms. The van der Waals surface area contributed by atoms with Crippen molar-refractivity contribution < 1.29 is 0 Å². The second-order valence-electron chi connectivity index (χ2n) is 4.78. The molecular formula is C13H17ClN4. The van der Waals surface area contributed by atoms with Crippen LogP contribution in [0.1, 0.15) is 18.4 Å². The lowest BCUT2D eigenvalue weighted by molar-refractivity contribution is 0.217. The van der Waals surface area contributed by atoms with Crippen molar-refractivity contribution in [2.45, 2.75) is 12.8 Å². The Morgan fingerprint density at radius 1 is 1.67 bits per heavy atom. The Morgan fingerprint density at radius 3 is 3.22 bits per heavy atom. The minimum Gasteiger partial charge on any atom is -0.368 e. The lowest BCUT2D eigenvalue weighted by Crippen LogP contribution is -2.35. The third-order valence-electron chi connectivity index (χ3n) is 3.29. The lowest BCUT2D eigenvalue weighted by atomic mass is 9.98. The highest BCUT2D eigenvalue weighted by atomic mass is 35.5. The summed E-state index contributed by atoms with van der Waals surface area (Å²) in [6.45, 7) is 3.13. The quantitative estimate of drug-likeness (QED) is 0.911. The summed E-state index contributed by atoms with van der Waals surface area (Å²) in [5.74, 6) is 1.23. The van der Waals surface area contributed by atoms with Gasteiger partial charge in [0.1, 0.15) is 16.9 Å². The predicted molar refractivity (Wildman–Crippen MR) is 72.7 cm³/mol. The summed E-state index contributed by atoms with van der Waals surface area (Å²) in [5, 5.41) is 12.6. The number of nitrogens with zero attached hydrogens (tertiary/aromatic N) is 3. The molecule has 4 nitrogen and oxygen atoms in total. The summed E-state index contributed by atoms with van der Waals surface area (Å²) < 4.78 is 0. The van der Waals surface area contributed by atoms with E-state index in [0.717, 1.165) is 13.1 Å². The number of nitriles is 1. The SMILES string of the molecule is CN1CCCC(CNc2nccc(C#N)c2Cl)C1. The van der Waals surface area contributed by atoms with Crippen LogP contribution < -0.4 is 5.32 Å². The van der Waals surface area contributed by atoms with Crippen molar-refractivity contribution in [2.75, 3.05) is 32.0 Å². The fraction of sp³-hybridized carbons (Fsp3) is 0.538. The minimum absolute atomic E-state index is 0.421. The van der Waals surface area contributed by atoms with Gasteiger partial charge in [-0.3, -0.25) is 0 Å². The fourth-order valence-electron chi connectivity index (χ4n) is 2.33. The van der Waals surface area contributed by atoms with Gasteiger partial charge in [0, 0.05) is 19.3 Å². The van der Waals surface area contributed by atoms with Gasteiger partial charge in [-0.05, 0) is 38.4 Å². The highest BCUT2D eigenvalue weighted by Gasteiger charge is 2.17. The van der Waals surface area contributed by atoms with Crippen LogP contribution in [-0.2, 0) is 0 Å². The number of likely N-dealkylation sites (tertiary alicyclic amines) is 1. The largest absolute Gasteiger partial charge is 0.368 e. The molecule has 1 atom stereocenters. The Bertz CT molecular complexity index is 455. The molecule has 5 heteroatoms. The average Bonchev–Trinajstić information content (AvgIpc) is 2.38. The van der Waals surface area contributed by atoms with Gasteiger partial charge in [-0.2, -0.15) is 5.26 Å². The molecule has 0 aromatic carbocycles. The first-order valence-corrected chi connectivity index (χ1v) is 6.55. The summed E-state index contributed by atoms with van der Waals surface area (Å²) in [6, 6.07) is 3.69. The standard InChI is InChI=1S/C13H17ClN4/c1-18-6-2-3-10(9-18)8-17-13-12(14)11(7-15)4-5-16-13/h4-5,10H,2-3,6,8-9H2,1H3,(H,16,17). The van der Waals surface area contributed by atoms with Crippen molar-refractivity contribution in [3.05, 3.63) is 22.8 Å². The van der Waals surface area contributed by atoms with E-state index in [2.05, 4.69) is 28.3 Å². The molecule has 1 unspecified atom stereocenters. The molecule has 18 heavy (non-hydrogen) atoms. The minimum atomic E-state index is 0.421. The Kier molecular flexibility index (Phi) is 4.40. The number of hydrogen-bond acceptors (Lipinski definition) is 4. The Balaban J connectivity index is 1.96. The normalized spacial score (nSPS) is 20.4. The molecule has 1 aliphatic rings. The first-order valence-electron chi connectivity index (χ1n) is 6.17. The van der Waals surface area contributed by atoms with Crippen molar-refractivity contribution in [3.63, 3.8) is 0 Å².